The van der Waals surface area contributed by atoms with Crippen molar-refractivity contribution in [3.05, 3.63) is 36.0 Å². The number of thioether (sulfide) groups is 1. The van der Waals surface area contributed by atoms with Gasteiger partial charge in [0.05, 0.1) is 17.9 Å². The topological polar surface area (TPSA) is 105 Å². The quantitative estimate of drug-likeness (QED) is 0.507. The van der Waals surface area contributed by atoms with Gasteiger partial charge in [-0.1, -0.05) is 29.1 Å². The average molecular weight is 358 g/mol. The van der Waals surface area contributed by atoms with E-state index in [0.717, 1.165) is 30.0 Å². The molecule has 0 amide bonds. The number of benzene rings is 1. The van der Waals surface area contributed by atoms with Gasteiger partial charge in [-0.05, 0) is 31.9 Å². The smallest absolute Gasteiger partial charge is 0.237 e. The van der Waals surface area contributed by atoms with Crippen molar-refractivity contribution in [3.63, 3.8) is 0 Å². The van der Waals surface area contributed by atoms with Crippen molar-refractivity contribution >= 4 is 11.8 Å². The monoisotopic (exact) mass is 358 g/mol. The van der Waals surface area contributed by atoms with Crippen LogP contribution in [-0.2, 0) is 5.75 Å². The van der Waals surface area contributed by atoms with Crippen molar-refractivity contribution < 1.29 is 9.26 Å². The normalized spacial score (nSPS) is 14.0. The fourth-order valence-electron chi connectivity index (χ4n) is 2.49. The highest BCUT2D eigenvalue weighted by atomic mass is 32.2. The minimum absolute atomic E-state index is 0.455. The molecule has 0 bridgehead atoms. The summed E-state index contributed by atoms with van der Waals surface area (Å²) in [5, 5.41) is 13.0. The first-order valence-electron chi connectivity index (χ1n) is 8.14. The highest BCUT2D eigenvalue weighted by Crippen LogP contribution is 2.39. The maximum Gasteiger partial charge on any atom is 0.237 e. The molecule has 0 aliphatic heterocycles. The number of nitrogens with two attached hydrogens (primary N) is 1. The minimum Gasteiger partial charge on any atom is -0.493 e. The lowest BCUT2D eigenvalue weighted by Gasteiger charge is -2.05. The molecule has 0 atom stereocenters. The van der Waals surface area contributed by atoms with Crippen LogP contribution in [0.2, 0.25) is 0 Å². The van der Waals surface area contributed by atoms with Crippen LogP contribution >= 0.6 is 11.8 Å². The molecule has 0 radical (unpaired) electrons. The molecule has 0 saturated heterocycles. The Morgan fingerprint density at radius 3 is 2.96 bits per heavy atom. The number of para-hydroxylation sites is 1. The maximum atomic E-state index is 6.05. The van der Waals surface area contributed by atoms with E-state index in [2.05, 4.69) is 20.3 Å². The number of aromatic nitrogens is 5. The molecule has 1 fully saturated rings. The largest absolute Gasteiger partial charge is 0.493 e. The molecular weight excluding hydrogens is 340 g/mol. The van der Waals surface area contributed by atoms with Gasteiger partial charge in [-0.3, -0.25) is 0 Å². The van der Waals surface area contributed by atoms with Gasteiger partial charge in [0, 0.05) is 5.92 Å². The lowest BCUT2D eigenvalue weighted by Crippen LogP contribution is -2.13. The number of hydrogen-bond acceptors (Lipinski definition) is 8. The summed E-state index contributed by atoms with van der Waals surface area (Å²) in [6, 6.07) is 7.63. The number of hydrogen-bond donors (Lipinski definition) is 1. The van der Waals surface area contributed by atoms with Crippen LogP contribution in [-0.4, -0.2) is 31.6 Å². The first kappa shape index (κ1) is 15.9. The molecule has 1 aliphatic carbocycles. The summed E-state index contributed by atoms with van der Waals surface area (Å²) < 4.78 is 12.5. The van der Waals surface area contributed by atoms with E-state index in [1.807, 2.05) is 31.2 Å². The van der Waals surface area contributed by atoms with Crippen molar-refractivity contribution in [3.8, 4) is 17.1 Å². The second-order valence-corrected chi connectivity index (χ2v) is 6.66. The lowest BCUT2D eigenvalue weighted by atomic mass is 10.2. The zero-order valence-electron chi connectivity index (χ0n) is 13.8. The molecule has 1 saturated carbocycles. The summed E-state index contributed by atoms with van der Waals surface area (Å²) in [6.07, 6.45) is 2.26. The fourth-order valence-corrected chi connectivity index (χ4v) is 3.19. The molecule has 4 rings (SSSR count). The predicted octanol–water partition coefficient (Wildman–Crippen LogP) is 2.61. The molecule has 130 valence electrons. The molecule has 3 aromatic rings. The molecule has 9 heteroatoms. The molecule has 8 nitrogen and oxygen atoms in total. The summed E-state index contributed by atoms with van der Waals surface area (Å²) in [5.74, 6) is 9.57. The van der Waals surface area contributed by atoms with Gasteiger partial charge in [0.1, 0.15) is 5.75 Å². The zero-order chi connectivity index (χ0) is 17.2. The van der Waals surface area contributed by atoms with Crippen molar-refractivity contribution in [2.24, 2.45) is 0 Å². The third-order valence-electron chi connectivity index (χ3n) is 3.85. The SMILES string of the molecule is CCOc1ccccc1-c1noc(CSc2nnc(C3CC3)n2N)n1. The van der Waals surface area contributed by atoms with E-state index in [1.54, 1.807) is 4.68 Å². The number of nitrogen functional groups attached to an aromatic ring is 1. The van der Waals surface area contributed by atoms with Crippen LogP contribution in [0.15, 0.2) is 33.9 Å². The van der Waals surface area contributed by atoms with Crippen LogP contribution in [0.1, 0.15) is 37.4 Å². The third kappa shape index (κ3) is 3.32. The van der Waals surface area contributed by atoms with Crippen LogP contribution < -0.4 is 10.6 Å². The van der Waals surface area contributed by atoms with Crippen molar-refractivity contribution in [1.82, 2.24) is 25.0 Å². The molecule has 2 aromatic heterocycles. The van der Waals surface area contributed by atoms with Gasteiger partial charge in [0.15, 0.2) is 5.82 Å². The molecule has 1 aliphatic rings. The molecule has 25 heavy (non-hydrogen) atoms. The Balaban J connectivity index is 1.47. The van der Waals surface area contributed by atoms with Crippen molar-refractivity contribution in [1.29, 1.82) is 0 Å². The van der Waals surface area contributed by atoms with Gasteiger partial charge >= 0.3 is 0 Å². The van der Waals surface area contributed by atoms with E-state index in [-0.39, 0.29) is 0 Å². The van der Waals surface area contributed by atoms with Gasteiger partial charge in [0.25, 0.3) is 0 Å². The minimum atomic E-state index is 0.455. The van der Waals surface area contributed by atoms with E-state index < -0.39 is 0 Å². The van der Waals surface area contributed by atoms with E-state index in [4.69, 9.17) is 15.1 Å². The Hall–Kier alpha value is -2.55. The Labute approximate surface area is 148 Å². The average Bonchev–Trinajstić information content (AvgIpc) is 3.24. The Kier molecular flexibility index (Phi) is 4.31. The van der Waals surface area contributed by atoms with Crippen LogP contribution in [0.25, 0.3) is 11.4 Å². The summed E-state index contributed by atoms with van der Waals surface area (Å²) in [7, 11) is 0. The Morgan fingerprint density at radius 2 is 2.16 bits per heavy atom. The number of rotatable bonds is 7. The first-order valence-corrected chi connectivity index (χ1v) is 9.12. The maximum absolute atomic E-state index is 6.05. The van der Waals surface area contributed by atoms with Gasteiger partial charge in [-0.2, -0.15) is 4.98 Å². The van der Waals surface area contributed by atoms with Crippen LogP contribution in [0.5, 0.6) is 5.75 Å². The zero-order valence-corrected chi connectivity index (χ0v) is 14.6. The molecule has 0 spiro atoms. The van der Waals surface area contributed by atoms with Crippen molar-refractivity contribution in [2.75, 3.05) is 12.4 Å². The van der Waals surface area contributed by atoms with Crippen LogP contribution in [0.4, 0.5) is 0 Å². The molecule has 1 aromatic carbocycles. The third-order valence-corrected chi connectivity index (χ3v) is 4.78. The molecular formula is C16H18N6O2S. The van der Waals surface area contributed by atoms with Crippen LogP contribution in [0, 0.1) is 0 Å². The standard InChI is InChI=1S/C16H18N6O2S/c1-2-23-12-6-4-3-5-11(12)14-18-13(24-21-14)9-25-16-20-19-15(22(16)17)10-7-8-10/h3-6,10H,2,7-9,17H2,1H3. The summed E-state index contributed by atoms with van der Waals surface area (Å²) in [6.45, 7) is 2.51. The number of ether oxygens (including phenoxy) is 1. The number of nitrogens with zero attached hydrogens (tertiary/aromatic N) is 5. The lowest BCUT2D eigenvalue weighted by molar-refractivity contribution is 0.341. The highest BCUT2D eigenvalue weighted by Gasteiger charge is 2.30. The van der Waals surface area contributed by atoms with Crippen LogP contribution in [0.3, 0.4) is 0 Å². The van der Waals surface area contributed by atoms with E-state index >= 15 is 0 Å². The summed E-state index contributed by atoms with van der Waals surface area (Å²) >= 11 is 1.43. The predicted molar refractivity (Wildman–Crippen MR) is 92.6 cm³/mol. The summed E-state index contributed by atoms with van der Waals surface area (Å²) in [5.41, 5.74) is 0.808. The van der Waals surface area contributed by atoms with Gasteiger partial charge in [0.2, 0.25) is 16.9 Å². The Bertz CT molecular complexity index is 873. The second kappa shape index (κ2) is 6.75. The van der Waals surface area contributed by atoms with Crippen molar-refractivity contribution in [2.45, 2.75) is 36.6 Å². The second-order valence-electron chi connectivity index (χ2n) is 5.71. The summed E-state index contributed by atoms with van der Waals surface area (Å²) in [4.78, 5) is 4.45. The van der Waals surface area contributed by atoms with E-state index in [9.17, 15) is 0 Å². The van der Waals surface area contributed by atoms with Gasteiger partial charge in [-0.25, -0.2) is 4.68 Å². The van der Waals surface area contributed by atoms with E-state index in [0.29, 0.717) is 35.1 Å². The highest BCUT2D eigenvalue weighted by molar-refractivity contribution is 7.98. The van der Waals surface area contributed by atoms with Gasteiger partial charge < -0.3 is 15.1 Å². The molecule has 2 N–H and O–H groups in total. The van der Waals surface area contributed by atoms with Gasteiger partial charge in [-0.15, -0.1) is 10.2 Å². The Morgan fingerprint density at radius 1 is 1.32 bits per heavy atom. The molecule has 0 unspecified atom stereocenters. The molecule has 2 heterocycles. The first-order chi connectivity index (χ1) is 12.3. The fraction of sp³-hybridized carbons (Fsp3) is 0.375. The van der Waals surface area contributed by atoms with E-state index in [1.165, 1.54) is 11.8 Å².